The lowest BCUT2D eigenvalue weighted by atomic mass is 10.3. The molecule has 0 aliphatic rings. The second-order valence-corrected chi connectivity index (χ2v) is 2.56. The van der Waals surface area contributed by atoms with Crippen LogP contribution in [0.1, 0.15) is 16.1 Å². The fourth-order valence-electron chi connectivity index (χ4n) is 1.07. The number of rotatable bonds is 1. The van der Waals surface area contributed by atoms with Gasteiger partial charge in [-0.15, -0.1) is 0 Å². The van der Waals surface area contributed by atoms with E-state index in [1.54, 1.807) is 0 Å². The van der Waals surface area contributed by atoms with Gasteiger partial charge in [-0.2, -0.15) is 10.4 Å². The first-order valence-corrected chi connectivity index (χ1v) is 3.70. The number of aromatic carboxylic acids is 1. The molecular weight excluding hydrogens is 184 g/mol. The second kappa shape index (κ2) is 2.81. The summed E-state index contributed by atoms with van der Waals surface area (Å²) in [5.74, 6) is -1.13. The first-order valence-electron chi connectivity index (χ1n) is 3.70. The highest BCUT2D eigenvalue weighted by Gasteiger charge is 2.09. The average molecular weight is 188 g/mol. The van der Waals surface area contributed by atoms with E-state index in [1.807, 2.05) is 6.07 Å². The van der Waals surface area contributed by atoms with Crippen molar-refractivity contribution in [2.45, 2.75) is 0 Å². The van der Waals surface area contributed by atoms with Crippen molar-refractivity contribution in [3.8, 4) is 6.07 Å². The van der Waals surface area contributed by atoms with Gasteiger partial charge in [0.05, 0.1) is 6.20 Å². The zero-order valence-electron chi connectivity index (χ0n) is 6.88. The number of aromatic nitrogens is 3. The number of nitriles is 1. The molecule has 0 aliphatic heterocycles. The van der Waals surface area contributed by atoms with Crippen LogP contribution in [0.2, 0.25) is 0 Å². The maximum Gasteiger partial charge on any atom is 0.354 e. The summed E-state index contributed by atoms with van der Waals surface area (Å²) in [5.41, 5.74) is 0.412. The molecule has 0 unspecified atom stereocenters. The molecule has 6 nitrogen and oxygen atoms in total. The molecular formula is C8H4N4O2. The van der Waals surface area contributed by atoms with Crippen LogP contribution in [0.3, 0.4) is 0 Å². The normalized spacial score (nSPS) is 9.93. The molecule has 6 heteroatoms. The summed E-state index contributed by atoms with van der Waals surface area (Å²) in [6.07, 6.45) is 2.79. The molecule has 0 saturated heterocycles. The van der Waals surface area contributed by atoms with Crippen molar-refractivity contribution < 1.29 is 9.90 Å². The van der Waals surface area contributed by atoms with E-state index in [-0.39, 0.29) is 16.9 Å². The molecule has 0 atom stereocenters. The van der Waals surface area contributed by atoms with Crippen molar-refractivity contribution in [3.05, 3.63) is 29.7 Å². The Labute approximate surface area is 78.0 Å². The Hall–Kier alpha value is -2.42. The molecule has 0 aliphatic carbocycles. The Morgan fingerprint density at radius 2 is 2.43 bits per heavy atom. The van der Waals surface area contributed by atoms with Crippen LogP contribution < -0.4 is 0 Å². The van der Waals surface area contributed by atoms with E-state index in [9.17, 15) is 4.79 Å². The zero-order chi connectivity index (χ0) is 10.1. The number of hydrogen-bond acceptors (Lipinski definition) is 4. The van der Waals surface area contributed by atoms with Crippen LogP contribution in [0.5, 0.6) is 0 Å². The van der Waals surface area contributed by atoms with E-state index >= 15 is 0 Å². The molecule has 0 radical (unpaired) electrons. The third kappa shape index (κ3) is 1.08. The van der Waals surface area contributed by atoms with Gasteiger partial charge in [0.1, 0.15) is 11.6 Å². The largest absolute Gasteiger partial charge is 0.477 e. The Kier molecular flexibility index (Phi) is 1.65. The maximum absolute atomic E-state index is 10.6. The molecule has 0 saturated carbocycles. The SMILES string of the molecule is N#Cc1cnn2ccc(C(=O)O)nc12. The van der Waals surface area contributed by atoms with Crippen molar-refractivity contribution in [2.24, 2.45) is 0 Å². The van der Waals surface area contributed by atoms with E-state index in [1.165, 1.54) is 23.0 Å². The molecule has 0 spiro atoms. The minimum absolute atomic E-state index is 0.102. The number of carboxylic acids is 1. The fraction of sp³-hybridized carbons (Fsp3) is 0. The van der Waals surface area contributed by atoms with Gasteiger partial charge in [-0.05, 0) is 6.07 Å². The Morgan fingerprint density at radius 1 is 1.64 bits per heavy atom. The lowest BCUT2D eigenvalue weighted by Crippen LogP contribution is -2.02. The van der Waals surface area contributed by atoms with Gasteiger partial charge in [0.2, 0.25) is 0 Å². The van der Waals surface area contributed by atoms with Gasteiger partial charge in [-0.25, -0.2) is 14.3 Å². The van der Waals surface area contributed by atoms with Crippen LogP contribution in [0.25, 0.3) is 5.65 Å². The molecule has 2 aromatic heterocycles. The highest BCUT2D eigenvalue weighted by molar-refractivity contribution is 5.86. The van der Waals surface area contributed by atoms with Crippen LogP contribution in [0.15, 0.2) is 18.5 Å². The molecule has 2 aromatic rings. The van der Waals surface area contributed by atoms with Crippen molar-refractivity contribution in [3.63, 3.8) is 0 Å². The molecule has 2 heterocycles. The first-order chi connectivity index (χ1) is 6.72. The van der Waals surface area contributed by atoms with Crippen LogP contribution in [0.4, 0.5) is 0 Å². The van der Waals surface area contributed by atoms with Crippen LogP contribution in [0, 0.1) is 11.3 Å². The molecule has 0 fully saturated rings. The number of fused-ring (bicyclic) bond motifs is 1. The zero-order valence-corrected chi connectivity index (χ0v) is 6.88. The highest BCUT2D eigenvalue weighted by atomic mass is 16.4. The topological polar surface area (TPSA) is 91.3 Å². The van der Waals surface area contributed by atoms with Gasteiger partial charge in [0.15, 0.2) is 11.3 Å². The van der Waals surface area contributed by atoms with Gasteiger partial charge < -0.3 is 5.11 Å². The fourth-order valence-corrected chi connectivity index (χ4v) is 1.07. The van der Waals surface area contributed by atoms with Gasteiger partial charge in [-0.1, -0.05) is 0 Å². The van der Waals surface area contributed by atoms with E-state index in [0.29, 0.717) is 0 Å². The summed E-state index contributed by atoms with van der Waals surface area (Å²) in [6, 6.07) is 3.20. The summed E-state index contributed by atoms with van der Waals surface area (Å²) >= 11 is 0. The lowest BCUT2D eigenvalue weighted by molar-refractivity contribution is 0.0690. The lowest BCUT2D eigenvalue weighted by Gasteiger charge is -1.94. The number of carbonyl (C=O) groups is 1. The van der Waals surface area contributed by atoms with Crippen molar-refractivity contribution in [2.75, 3.05) is 0 Å². The van der Waals surface area contributed by atoms with E-state index in [0.717, 1.165) is 0 Å². The highest BCUT2D eigenvalue weighted by Crippen LogP contribution is 2.07. The predicted molar refractivity (Wildman–Crippen MR) is 44.7 cm³/mol. The molecule has 68 valence electrons. The first kappa shape index (κ1) is 8.19. The molecule has 0 bridgehead atoms. The Morgan fingerprint density at radius 3 is 3.07 bits per heavy atom. The Bertz CT molecular complexity index is 552. The quantitative estimate of drug-likeness (QED) is 0.694. The van der Waals surface area contributed by atoms with Gasteiger partial charge in [0, 0.05) is 6.20 Å². The standard InChI is InChI=1S/C8H4N4O2/c9-3-5-4-10-12-2-1-6(8(13)14)11-7(5)12/h1-2,4H,(H,13,14). The summed E-state index contributed by atoms with van der Waals surface area (Å²) in [6.45, 7) is 0. The molecule has 2 rings (SSSR count). The summed E-state index contributed by atoms with van der Waals surface area (Å²) in [7, 11) is 0. The molecule has 0 amide bonds. The van der Waals surface area contributed by atoms with Crippen molar-refractivity contribution in [1.82, 2.24) is 14.6 Å². The van der Waals surface area contributed by atoms with E-state index in [2.05, 4.69) is 10.1 Å². The number of hydrogen-bond donors (Lipinski definition) is 1. The maximum atomic E-state index is 10.6. The van der Waals surface area contributed by atoms with E-state index < -0.39 is 5.97 Å². The summed E-state index contributed by atoms with van der Waals surface area (Å²) in [5, 5.41) is 21.2. The van der Waals surface area contributed by atoms with Crippen molar-refractivity contribution >= 4 is 11.6 Å². The minimum Gasteiger partial charge on any atom is -0.477 e. The van der Waals surface area contributed by atoms with Crippen molar-refractivity contribution in [1.29, 1.82) is 5.26 Å². The Balaban J connectivity index is 2.75. The number of carboxylic acid groups (broad SMARTS) is 1. The minimum atomic E-state index is -1.13. The third-order valence-electron chi connectivity index (χ3n) is 1.71. The van der Waals surface area contributed by atoms with Crippen LogP contribution >= 0.6 is 0 Å². The van der Waals surface area contributed by atoms with Crippen LogP contribution in [-0.2, 0) is 0 Å². The summed E-state index contributed by atoms with van der Waals surface area (Å²) < 4.78 is 1.35. The molecule has 1 N–H and O–H groups in total. The van der Waals surface area contributed by atoms with Gasteiger partial charge in [0.25, 0.3) is 0 Å². The third-order valence-corrected chi connectivity index (χ3v) is 1.71. The smallest absolute Gasteiger partial charge is 0.354 e. The molecule has 0 aromatic carbocycles. The van der Waals surface area contributed by atoms with Gasteiger partial charge in [-0.3, -0.25) is 0 Å². The predicted octanol–water partition coefficient (Wildman–Crippen LogP) is 0.299. The van der Waals surface area contributed by atoms with E-state index in [4.69, 9.17) is 10.4 Å². The summed E-state index contributed by atoms with van der Waals surface area (Å²) in [4.78, 5) is 14.4. The monoisotopic (exact) mass is 188 g/mol. The van der Waals surface area contributed by atoms with Gasteiger partial charge >= 0.3 is 5.97 Å². The average Bonchev–Trinajstić information content (AvgIpc) is 2.59. The molecule has 14 heavy (non-hydrogen) atoms. The second-order valence-electron chi connectivity index (χ2n) is 2.56. The van der Waals surface area contributed by atoms with Crippen LogP contribution in [-0.4, -0.2) is 25.7 Å². The number of nitrogens with zero attached hydrogens (tertiary/aromatic N) is 4.